The average Bonchev–Trinajstić information content (AvgIpc) is 3.18. The molecule has 6 heteroatoms. The maximum absolute atomic E-state index is 5.44. The molecule has 0 bridgehead atoms. The van der Waals surface area contributed by atoms with Gasteiger partial charge in [0.1, 0.15) is 11.4 Å². The fourth-order valence-electron chi connectivity index (χ4n) is 2.85. The molecule has 6 nitrogen and oxygen atoms in total. The Labute approximate surface area is 159 Å². The summed E-state index contributed by atoms with van der Waals surface area (Å²) in [5.41, 5.74) is 2.92. The van der Waals surface area contributed by atoms with Crippen molar-refractivity contribution in [1.29, 1.82) is 0 Å². The highest BCUT2D eigenvalue weighted by atomic mass is 16.5. The van der Waals surface area contributed by atoms with E-state index in [1.807, 2.05) is 72.6 Å². The lowest BCUT2D eigenvalue weighted by Crippen LogP contribution is -2.38. The van der Waals surface area contributed by atoms with Gasteiger partial charge in [0.25, 0.3) is 0 Å². The lowest BCUT2D eigenvalue weighted by atomic mass is 10.2. The van der Waals surface area contributed by atoms with Crippen LogP contribution in [-0.2, 0) is 13.1 Å². The van der Waals surface area contributed by atoms with Crippen molar-refractivity contribution in [3.8, 4) is 17.1 Å². The number of methoxy groups -OCH3 is 1. The molecule has 0 spiro atoms. The molecule has 0 fully saturated rings. The first kappa shape index (κ1) is 18.5. The van der Waals surface area contributed by atoms with Crippen molar-refractivity contribution in [3.05, 3.63) is 71.9 Å². The third kappa shape index (κ3) is 4.67. The molecule has 3 rings (SSSR count). The van der Waals surface area contributed by atoms with Crippen LogP contribution in [-0.4, -0.2) is 37.2 Å². The Bertz CT molecular complexity index is 890. The van der Waals surface area contributed by atoms with E-state index in [-0.39, 0.29) is 0 Å². The minimum atomic E-state index is 0.527. The van der Waals surface area contributed by atoms with E-state index in [0.29, 0.717) is 13.1 Å². The van der Waals surface area contributed by atoms with Crippen LogP contribution in [0.25, 0.3) is 11.3 Å². The summed E-state index contributed by atoms with van der Waals surface area (Å²) in [4.78, 5) is 6.39. The van der Waals surface area contributed by atoms with Gasteiger partial charge in [0.15, 0.2) is 11.7 Å². The summed E-state index contributed by atoms with van der Waals surface area (Å²) in [6, 6.07) is 19.8. The van der Waals surface area contributed by atoms with E-state index in [1.54, 1.807) is 14.2 Å². The van der Waals surface area contributed by atoms with Crippen LogP contribution in [0.3, 0.4) is 0 Å². The van der Waals surface area contributed by atoms with Crippen molar-refractivity contribution in [1.82, 2.24) is 15.4 Å². The van der Waals surface area contributed by atoms with Crippen molar-refractivity contribution < 1.29 is 9.26 Å². The van der Waals surface area contributed by atoms with Crippen LogP contribution >= 0.6 is 0 Å². The molecule has 0 aliphatic rings. The molecule has 0 saturated heterocycles. The van der Waals surface area contributed by atoms with Crippen LogP contribution in [0.5, 0.6) is 5.75 Å². The van der Waals surface area contributed by atoms with Crippen LogP contribution in [0.1, 0.15) is 11.3 Å². The van der Waals surface area contributed by atoms with Gasteiger partial charge in [-0.2, -0.15) is 0 Å². The second-order valence-electron chi connectivity index (χ2n) is 6.12. The van der Waals surface area contributed by atoms with Crippen LogP contribution in [0.4, 0.5) is 0 Å². The fraction of sp³-hybridized carbons (Fsp3) is 0.238. The normalized spacial score (nSPS) is 11.3. The largest absolute Gasteiger partial charge is 0.496 e. The zero-order chi connectivity index (χ0) is 19.1. The summed E-state index contributed by atoms with van der Waals surface area (Å²) >= 11 is 0. The quantitative estimate of drug-likeness (QED) is 0.535. The standard InChI is InChI=1S/C21H24N4O2/c1-22-21(25(2)15-17-11-7-8-12-19(17)26-3)23-14-18-13-20(27-24-18)16-9-5-4-6-10-16/h4-13H,14-15H2,1-3H3,(H,22,23). The van der Waals surface area contributed by atoms with E-state index < -0.39 is 0 Å². The minimum Gasteiger partial charge on any atom is -0.496 e. The minimum absolute atomic E-state index is 0.527. The molecule has 1 heterocycles. The highest BCUT2D eigenvalue weighted by molar-refractivity contribution is 5.79. The first-order chi connectivity index (χ1) is 13.2. The van der Waals surface area contributed by atoms with Gasteiger partial charge in [-0.05, 0) is 6.07 Å². The Morgan fingerprint density at radius 2 is 1.89 bits per heavy atom. The summed E-state index contributed by atoms with van der Waals surface area (Å²) in [6.45, 7) is 1.21. The van der Waals surface area contributed by atoms with Gasteiger partial charge in [-0.25, -0.2) is 0 Å². The number of nitrogens with zero attached hydrogens (tertiary/aromatic N) is 3. The molecule has 27 heavy (non-hydrogen) atoms. The summed E-state index contributed by atoms with van der Waals surface area (Å²) in [6.07, 6.45) is 0. The third-order valence-electron chi connectivity index (χ3n) is 4.22. The molecule has 140 valence electrons. The smallest absolute Gasteiger partial charge is 0.194 e. The second-order valence-corrected chi connectivity index (χ2v) is 6.12. The number of hydrogen-bond donors (Lipinski definition) is 1. The zero-order valence-corrected chi connectivity index (χ0v) is 15.8. The first-order valence-corrected chi connectivity index (χ1v) is 8.76. The number of aliphatic imine (C=N–C) groups is 1. The van der Waals surface area contributed by atoms with Gasteiger partial charge in [-0.3, -0.25) is 4.99 Å². The van der Waals surface area contributed by atoms with E-state index in [1.165, 1.54) is 0 Å². The number of benzene rings is 2. The summed E-state index contributed by atoms with van der Waals surface area (Å²) in [5.74, 6) is 2.39. The lowest BCUT2D eigenvalue weighted by Gasteiger charge is -2.22. The topological polar surface area (TPSA) is 62.9 Å². The van der Waals surface area contributed by atoms with E-state index in [0.717, 1.165) is 34.3 Å². The third-order valence-corrected chi connectivity index (χ3v) is 4.22. The molecule has 3 aromatic rings. The van der Waals surface area contributed by atoms with Crippen molar-refractivity contribution in [2.45, 2.75) is 13.1 Å². The second kappa shape index (κ2) is 8.89. The maximum Gasteiger partial charge on any atom is 0.194 e. The van der Waals surface area contributed by atoms with Gasteiger partial charge >= 0.3 is 0 Å². The van der Waals surface area contributed by atoms with Crippen molar-refractivity contribution in [3.63, 3.8) is 0 Å². The van der Waals surface area contributed by atoms with E-state index in [4.69, 9.17) is 9.26 Å². The summed E-state index contributed by atoms with van der Waals surface area (Å²) in [5, 5.41) is 7.46. The molecular formula is C21H24N4O2. The van der Waals surface area contributed by atoms with Crippen LogP contribution in [0.15, 0.2) is 70.2 Å². The molecule has 0 radical (unpaired) electrons. The number of hydrogen-bond acceptors (Lipinski definition) is 4. The fourth-order valence-corrected chi connectivity index (χ4v) is 2.85. The van der Waals surface area contributed by atoms with Gasteiger partial charge in [-0.15, -0.1) is 0 Å². The van der Waals surface area contributed by atoms with Gasteiger partial charge in [-0.1, -0.05) is 53.7 Å². The van der Waals surface area contributed by atoms with E-state index >= 15 is 0 Å². The predicted molar refractivity (Wildman–Crippen MR) is 107 cm³/mol. The Hall–Kier alpha value is -3.28. The maximum atomic E-state index is 5.44. The molecule has 1 N–H and O–H groups in total. The van der Waals surface area contributed by atoms with Crippen molar-refractivity contribution in [2.24, 2.45) is 4.99 Å². The number of guanidine groups is 1. The number of rotatable bonds is 6. The molecular weight excluding hydrogens is 340 g/mol. The molecule has 0 atom stereocenters. The van der Waals surface area contributed by atoms with E-state index in [2.05, 4.69) is 15.5 Å². The molecule has 0 saturated carbocycles. The predicted octanol–water partition coefficient (Wildman–Crippen LogP) is 3.56. The summed E-state index contributed by atoms with van der Waals surface area (Å²) in [7, 11) is 5.43. The highest BCUT2D eigenvalue weighted by Gasteiger charge is 2.11. The first-order valence-electron chi connectivity index (χ1n) is 8.76. The molecule has 1 aromatic heterocycles. The Morgan fingerprint density at radius 1 is 1.15 bits per heavy atom. The Kier molecular flexibility index (Phi) is 6.10. The molecule has 0 aliphatic carbocycles. The number of para-hydroxylation sites is 1. The molecule has 0 unspecified atom stereocenters. The van der Waals surface area contributed by atoms with Crippen LogP contribution in [0.2, 0.25) is 0 Å². The van der Waals surface area contributed by atoms with Crippen LogP contribution < -0.4 is 10.1 Å². The highest BCUT2D eigenvalue weighted by Crippen LogP contribution is 2.20. The Morgan fingerprint density at radius 3 is 2.63 bits per heavy atom. The van der Waals surface area contributed by atoms with Crippen LogP contribution in [0, 0.1) is 0 Å². The lowest BCUT2D eigenvalue weighted by molar-refractivity contribution is 0.395. The van der Waals surface area contributed by atoms with Crippen molar-refractivity contribution in [2.75, 3.05) is 21.2 Å². The molecule has 0 aliphatic heterocycles. The number of nitrogens with one attached hydrogen (secondary N) is 1. The monoisotopic (exact) mass is 364 g/mol. The number of aromatic nitrogens is 1. The average molecular weight is 364 g/mol. The SMILES string of the molecule is CN=C(NCc1cc(-c2ccccc2)on1)N(C)Cc1ccccc1OC. The summed E-state index contributed by atoms with van der Waals surface area (Å²) < 4.78 is 10.9. The van der Waals surface area contributed by atoms with E-state index in [9.17, 15) is 0 Å². The van der Waals surface area contributed by atoms with Gasteiger partial charge in [0.2, 0.25) is 0 Å². The Balaban J connectivity index is 1.61. The van der Waals surface area contributed by atoms with Gasteiger partial charge in [0.05, 0.1) is 13.7 Å². The number of ether oxygens (including phenoxy) is 1. The van der Waals surface area contributed by atoms with Gasteiger partial charge in [0, 0.05) is 37.8 Å². The zero-order valence-electron chi connectivity index (χ0n) is 15.8. The molecule has 2 aromatic carbocycles. The van der Waals surface area contributed by atoms with Gasteiger partial charge < -0.3 is 19.5 Å². The molecule has 0 amide bonds. The van der Waals surface area contributed by atoms with Crippen molar-refractivity contribution >= 4 is 5.96 Å².